The Morgan fingerprint density at radius 2 is 2.06 bits per heavy atom. The third-order valence-electron chi connectivity index (χ3n) is 5.74. The topological polar surface area (TPSA) is 76.2 Å². The van der Waals surface area contributed by atoms with Gasteiger partial charge < -0.3 is 14.6 Å². The van der Waals surface area contributed by atoms with Crippen molar-refractivity contribution >= 4 is 32.7 Å². The summed E-state index contributed by atoms with van der Waals surface area (Å²) in [6, 6.07) is 10.0. The third kappa shape index (κ3) is 4.00. The molecule has 0 aliphatic carbocycles. The second kappa shape index (κ2) is 8.38. The molecule has 1 aromatic carbocycles. The number of hydrogen-bond donors (Lipinski definition) is 1. The predicted octanol–water partition coefficient (Wildman–Crippen LogP) is 4.36. The Hall–Kier alpha value is -3.20. The Bertz CT molecular complexity index is 1260. The van der Waals surface area contributed by atoms with Gasteiger partial charge in [-0.1, -0.05) is 11.3 Å². The minimum atomic E-state index is -0.285. The van der Waals surface area contributed by atoms with Crippen molar-refractivity contribution in [1.82, 2.24) is 20.1 Å². The maximum atomic E-state index is 13.3. The molecule has 1 fully saturated rings. The number of amides is 1. The number of furan rings is 1. The smallest absolute Gasteiger partial charge is 0.225 e. The molecule has 4 heterocycles. The van der Waals surface area contributed by atoms with Crippen LogP contribution in [0.15, 0.2) is 40.8 Å². The van der Waals surface area contributed by atoms with Gasteiger partial charge in [0.15, 0.2) is 10.8 Å². The normalized spacial score (nSPS) is 16.6. The zero-order valence-electron chi connectivity index (χ0n) is 18.0. The molecule has 4 aromatic rings. The summed E-state index contributed by atoms with van der Waals surface area (Å²) in [4.78, 5) is 19.8. The van der Waals surface area contributed by atoms with Gasteiger partial charge in [0.25, 0.3) is 0 Å². The first-order chi connectivity index (χ1) is 15.5. The number of thiazole rings is 1. The zero-order valence-corrected chi connectivity index (χ0v) is 18.8. The summed E-state index contributed by atoms with van der Waals surface area (Å²) >= 11 is 1.59. The lowest BCUT2D eigenvalue weighted by Gasteiger charge is -2.31. The number of carbonyl (C=O) groups excluding carboxylic acids is 1. The molecule has 0 spiro atoms. The minimum absolute atomic E-state index is 0.0403. The zero-order chi connectivity index (χ0) is 22.2. The molecule has 9 heteroatoms. The van der Waals surface area contributed by atoms with E-state index in [0.717, 1.165) is 57.8 Å². The Morgan fingerprint density at radius 3 is 2.81 bits per heavy atom. The molecule has 3 aromatic heterocycles. The van der Waals surface area contributed by atoms with Gasteiger partial charge in [0.05, 0.1) is 28.5 Å². The fourth-order valence-electron chi connectivity index (χ4n) is 4.08. The molecule has 1 atom stereocenters. The first kappa shape index (κ1) is 20.7. The van der Waals surface area contributed by atoms with Crippen LogP contribution in [0.2, 0.25) is 0 Å². The number of carbonyl (C=O) groups is 1. The number of fused-ring (bicyclic) bond motifs is 1. The quantitative estimate of drug-likeness (QED) is 0.486. The van der Waals surface area contributed by atoms with Gasteiger partial charge in [-0.2, -0.15) is 10.1 Å². The van der Waals surface area contributed by atoms with E-state index >= 15 is 0 Å². The van der Waals surface area contributed by atoms with E-state index in [-0.39, 0.29) is 17.6 Å². The first-order valence-corrected chi connectivity index (χ1v) is 11.5. The van der Waals surface area contributed by atoms with E-state index in [1.165, 1.54) is 12.1 Å². The van der Waals surface area contributed by atoms with E-state index < -0.39 is 0 Å². The lowest BCUT2D eigenvalue weighted by molar-refractivity contribution is -0.125. The molecular formula is C23H24FN5O2S. The largest absolute Gasteiger partial charge is 0.465 e. The summed E-state index contributed by atoms with van der Waals surface area (Å²) in [5.41, 5.74) is 2.41. The molecule has 1 saturated heterocycles. The SMILES string of the molecule is Cc1ccc(CNC(=O)[C@H]2CCCN(c3nc4c(s3)c(C)nn4-c3ccc(F)cc3)C2)o1. The Morgan fingerprint density at radius 1 is 1.25 bits per heavy atom. The van der Waals surface area contributed by atoms with E-state index in [1.807, 2.05) is 26.0 Å². The van der Waals surface area contributed by atoms with Crippen molar-refractivity contribution in [3.8, 4) is 5.69 Å². The Labute approximate surface area is 188 Å². The van der Waals surface area contributed by atoms with Crippen molar-refractivity contribution in [3.63, 3.8) is 0 Å². The van der Waals surface area contributed by atoms with Crippen LogP contribution >= 0.6 is 11.3 Å². The fourth-order valence-corrected chi connectivity index (χ4v) is 5.11. The predicted molar refractivity (Wildman–Crippen MR) is 122 cm³/mol. The molecule has 1 aliphatic rings. The fraction of sp³-hybridized carbons (Fsp3) is 0.348. The maximum absolute atomic E-state index is 13.3. The molecule has 1 aliphatic heterocycles. The standard InChI is InChI=1S/C23H24FN5O2S/c1-14-5-10-19(31-14)12-25-22(30)16-4-3-11-28(13-16)23-26-21-20(32-23)15(2)27-29(21)18-8-6-17(24)7-9-18/h5-10,16H,3-4,11-13H2,1-2H3,(H,25,30)/t16-/m0/s1. The number of hydrogen-bond acceptors (Lipinski definition) is 6. The van der Waals surface area contributed by atoms with E-state index in [2.05, 4.69) is 15.3 Å². The van der Waals surface area contributed by atoms with Crippen LogP contribution in [0.25, 0.3) is 16.0 Å². The van der Waals surface area contributed by atoms with Crippen molar-refractivity contribution < 1.29 is 13.6 Å². The molecule has 0 saturated carbocycles. The first-order valence-electron chi connectivity index (χ1n) is 10.7. The average molecular weight is 454 g/mol. The number of aryl methyl sites for hydroxylation is 2. The van der Waals surface area contributed by atoms with Gasteiger partial charge >= 0.3 is 0 Å². The molecule has 1 N–H and O–H groups in total. The molecule has 5 rings (SSSR count). The van der Waals surface area contributed by atoms with Gasteiger partial charge in [-0.05, 0) is 63.1 Å². The number of benzene rings is 1. The van der Waals surface area contributed by atoms with Crippen molar-refractivity contribution in [2.45, 2.75) is 33.2 Å². The number of rotatable bonds is 5. The van der Waals surface area contributed by atoms with Crippen molar-refractivity contribution in [3.05, 3.63) is 59.4 Å². The summed E-state index contributed by atoms with van der Waals surface area (Å²) < 4.78 is 21.6. The highest BCUT2D eigenvalue weighted by Gasteiger charge is 2.28. The van der Waals surface area contributed by atoms with Crippen LogP contribution < -0.4 is 10.2 Å². The van der Waals surface area contributed by atoms with E-state index in [4.69, 9.17) is 9.40 Å². The minimum Gasteiger partial charge on any atom is -0.465 e. The van der Waals surface area contributed by atoms with Crippen LogP contribution in [0.3, 0.4) is 0 Å². The van der Waals surface area contributed by atoms with Gasteiger partial charge in [0.1, 0.15) is 17.3 Å². The van der Waals surface area contributed by atoms with Crippen LogP contribution in [-0.2, 0) is 11.3 Å². The highest BCUT2D eigenvalue weighted by atomic mass is 32.1. The highest BCUT2D eigenvalue weighted by Crippen LogP contribution is 2.34. The van der Waals surface area contributed by atoms with E-state index in [0.29, 0.717) is 13.1 Å². The summed E-state index contributed by atoms with van der Waals surface area (Å²) in [5, 5.41) is 8.47. The van der Waals surface area contributed by atoms with Crippen molar-refractivity contribution in [2.75, 3.05) is 18.0 Å². The number of anilines is 1. The van der Waals surface area contributed by atoms with Gasteiger partial charge in [0, 0.05) is 13.1 Å². The molecule has 0 radical (unpaired) electrons. The molecule has 32 heavy (non-hydrogen) atoms. The molecule has 7 nitrogen and oxygen atoms in total. The number of piperidine rings is 1. The summed E-state index contributed by atoms with van der Waals surface area (Å²) in [6.07, 6.45) is 1.78. The van der Waals surface area contributed by atoms with Gasteiger partial charge in [-0.3, -0.25) is 4.79 Å². The lowest BCUT2D eigenvalue weighted by Crippen LogP contribution is -2.42. The second-order valence-electron chi connectivity index (χ2n) is 8.14. The van der Waals surface area contributed by atoms with Crippen LogP contribution in [-0.4, -0.2) is 33.8 Å². The molecule has 0 bridgehead atoms. The number of nitrogens with one attached hydrogen (secondary N) is 1. The molecular weight excluding hydrogens is 429 g/mol. The highest BCUT2D eigenvalue weighted by molar-refractivity contribution is 7.22. The molecule has 1 amide bonds. The van der Waals surface area contributed by atoms with Crippen LogP contribution in [0.4, 0.5) is 9.52 Å². The van der Waals surface area contributed by atoms with Crippen LogP contribution in [0.1, 0.15) is 30.1 Å². The number of halogens is 1. The summed E-state index contributed by atoms with van der Waals surface area (Å²) in [6.45, 7) is 5.73. The van der Waals surface area contributed by atoms with Crippen molar-refractivity contribution in [1.29, 1.82) is 0 Å². The van der Waals surface area contributed by atoms with Crippen LogP contribution in [0, 0.1) is 25.6 Å². The van der Waals surface area contributed by atoms with Gasteiger partial charge in [0.2, 0.25) is 5.91 Å². The Kier molecular flexibility index (Phi) is 5.42. The van der Waals surface area contributed by atoms with E-state index in [9.17, 15) is 9.18 Å². The molecule has 166 valence electrons. The van der Waals surface area contributed by atoms with E-state index in [1.54, 1.807) is 28.2 Å². The summed E-state index contributed by atoms with van der Waals surface area (Å²) in [7, 11) is 0. The summed E-state index contributed by atoms with van der Waals surface area (Å²) in [5.74, 6) is 1.26. The van der Waals surface area contributed by atoms with Gasteiger partial charge in [-0.15, -0.1) is 0 Å². The van der Waals surface area contributed by atoms with Gasteiger partial charge in [-0.25, -0.2) is 9.07 Å². The number of nitrogens with zero attached hydrogens (tertiary/aromatic N) is 4. The molecule has 0 unspecified atom stereocenters. The van der Waals surface area contributed by atoms with Crippen LogP contribution in [0.5, 0.6) is 0 Å². The second-order valence-corrected chi connectivity index (χ2v) is 9.12. The monoisotopic (exact) mass is 453 g/mol. The third-order valence-corrected chi connectivity index (χ3v) is 6.96. The average Bonchev–Trinajstić information content (AvgIpc) is 3.49. The number of aromatic nitrogens is 3. The Balaban J connectivity index is 1.33. The maximum Gasteiger partial charge on any atom is 0.225 e. The van der Waals surface area contributed by atoms with Crippen molar-refractivity contribution in [2.24, 2.45) is 5.92 Å². The lowest BCUT2D eigenvalue weighted by atomic mass is 9.97.